The fourth-order valence-corrected chi connectivity index (χ4v) is 1.68. The first-order valence-electron chi connectivity index (χ1n) is 5.56. The first kappa shape index (κ1) is 13.9. The van der Waals surface area contributed by atoms with E-state index in [0.29, 0.717) is 5.56 Å². The second-order valence-electron chi connectivity index (χ2n) is 3.74. The summed E-state index contributed by atoms with van der Waals surface area (Å²) in [6.45, 7) is 5.39. The molecule has 1 unspecified atom stereocenters. The van der Waals surface area contributed by atoms with Crippen LogP contribution in [0.2, 0.25) is 0 Å². The molecule has 0 aliphatic heterocycles. The molecule has 0 aliphatic carbocycles. The molecule has 1 aromatic carbocycles. The third-order valence-corrected chi connectivity index (χ3v) is 2.60. The number of halogens is 1. The van der Waals surface area contributed by atoms with E-state index < -0.39 is 17.2 Å². The van der Waals surface area contributed by atoms with Gasteiger partial charge in [0.15, 0.2) is 5.41 Å². The Morgan fingerprint density at radius 3 is 2.61 bits per heavy atom. The highest BCUT2D eigenvalue weighted by molar-refractivity contribution is 5.87. The third kappa shape index (κ3) is 2.57. The van der Waals surface area contributed by atoms with Gasteiger partial charge in [-0.25, -0.2) is 9.18 Å². The topological polar surface area (TPSA) is 50.1 Å². The van der Waals surface area contributed by atoms with E-state index in [-0.39, 0.29) is 13.0 Å². The maximum Gasteiger partial charge on any atom is 0.331 e. The van der Waals surface area contributed by atoms with Crippen LogP contribution in [-0.4, -0.2) is 12.6 Å². The zero-order chi connectivity index (χ0) is 13.6. The molecule has 94 valence electrons. The summed E-state index contributed by atoms with van der Waals surface area (Å²) in [5.41, 5.74) is -1.05. The van der Waals surface area contributed by atoms with Crippen molar-refractivity contribution in [1.29, 1.82) is 5.26 Å². The van der Waals surface area contributed by atoms with Crippen LogP contribution in [-0.2, 0) is 14.9 Å². The zero-order valence-corrected chi connectivity index (χ0v) is 10.1. The lowest BCUT2D eigenvalue weighted by molar-refractivity contribution is -0.147. The van der Waals surface area contributed by atoms with Crippen LogP contribution >= 0.6 is 0 Å². The Hall–Kier alpha value is -2.15. The lowest BCUT2D eigenvalue weighted by Gasteiger charge is -2.23. The number of allylic oxidation sites excluding steroid dienone is 1. The number of benzene rings is 1. The fraction of sp³-hybridized carbons (Fsp3) is 0.286. The van der Waals surface area contributed by atoms with Crippen LogP contribution in [0.15, 0.2) is 36.9 Å². The molecule has 1 rings (SSSR count). The van der Waals surface area contributed by atoms with E-state index in [4.69, 9.17) is 4.74 Å². The molecule has 4 heteroatoms. The first-order chi connectivity index (χ1) is 8.60. The van der Waals surface area contributed by atoms with Crippen LogP contribution in [0.5, 0.6) is 0 Å². The van der Waals surface area contributed by atoms with Crippen LogP contribution in [0.4, 0.5) is 4.39 Å². The quantitative estimate of drug-likeness (QED) is 0.593. The van der Waals surface area contributed by atoms with E-state index in [9.17, 15) is 14.4 Å². The highest BCUT2D eigenvalue weighted by Gasteiger charge is 2.41. The largest absolute Gasteiger partial charge is 0.465 e. The average Bonchev–Trinajstić information content (AvgIpc) is 2.37. The predicted molar refractivity (Wildman–Crippen MR) is 65.1 cm³/mol. The summed E-state index contributed by atoms with van der Waals surface area (Å²) in [6, 6.07) is 7.22. The van der Waals surface area contributed by atoms with Gasteiger partial charge in [-0.3, -0.25) is 0 Å². The Morgan fingerprint density at radius 2 is 2.17 bits per heavy atom. The summed E-state index contributed by atoms with van der Waals surface area (Å²) in [5, 5.41) is 9.34. The summed E-state index contributed by atoms with van der Waals surface area (Å²) in [5.74, 6) is -1.06. The molecule has 1 aromatic rings. The van der Waals surface area contributed by atoms with E-state index in [0.717, 1.165) is 0 Å². The van der Waals surface area contributed by atoms with E-state index >= 15 is 0 Å². The van der Waals surface area contributed by atoms with Crippen molar-refractivity contribution >= 4 is 5.97 Å². The van der Waals surface area contributed by atoms with Crippen LogP contribution in [0.1, 0.15) is 18.9 Å². The molecular formula is C14H14FNO2. The first-order valence-corrected chi connectivity index (χ1v) is 5.56. The number of rotatable bonds is 5. The molecule has 0 saturated heterocycles. The van der Waals surface area contributed by atoms with Crippen molar-refractivity contribution in [3.63, 3.8) is 0 Å². The number of nitriles is 1. The Kier molecular flexibility index (Phi) is 4.61. The second-order valence-corrected chi connectivity index (χ2v) is 3.74. The van der Waals surface area contributed by atoms with Crippen LogP contribution in [0.3, 0.4) is 0 Å². The minimum absolute atomic E-state index is 0.119. The van der Waals surface area contributed by atoms with Crippen molar-refractivity contribution in [3.05, 3.63) is 48.3 Å². The van der Waals surface area contributed by atoms with E-state index in [2.05, 4.69) is 6.58 Å². The molecule has 18 heavy (non-hydrogen) atoms. The normalized spacial score (nSPS) is 13.2. The second kappa shape index (κ2) is 5.97. The number of carbonyl (C=O) groups excluding carboxylic acids is 1. The molecule has 0 aliphatic rings. The lowest BCUT2D eigenvalue weighted by Crippen LogP contribution is -2.35. The SMILES string of the molecule is C=CCC(C#N)(C(=O)OCC)c1ccc(F)cc1. The van der Waals surface area contributed by atoms with Crippen molar-refractivity contribution in [2.75, 3.05) is 6.61 Å². The summed E-state index contributed by atoms with van der Waals surface area (Å²) in [6.07, 6.45) is 1.59. The fourth-order valence-electron chi connectivity index (χ4n) is 1.68. The van der Waals surface area contributed by atoms with Gasteiger partial charge in [0.2, 0.25) is 0 Å². The predicted octanol–water partition coefficient (Wildman–Crippen LogP) is 2.73. The molecule has 1 atom stereocenters. The van der Waals surface area contributed by atoms with Gasteiger partial charge in [-0.15, -0.1) is 6.58 Å². The standard InChI is InChI=1S/C14H14FNO2/c1-3-9-14(10-16,13(17)18-4-2)11-5-7-12(15)8-6-11/h3,5-8H,1,4,9H2,2H3. The molecule has 0 N–H and O–H groups in total. The third-order valence-electron chi connectivity index (χ3n) is 2.60. The van der Waals surface area contributed by atoms with E-state index in [1.165, 1.54) is 30.3 Å². The number of hydrogen-bond acceptors (Lipinski definition) is 3. The Balaban J connectivity index is 3.27. The Morgan fingerprint density at radius 1 is 1.56 bits per heavy atom. The minimum atomic E-state index is -1.45. The molecule has 0 saturated carbocycles. The highest BCUT2D eigenvalue weighted by atomic mass is 19.1. The van der Waals surface area contributed by atoms with Crippen LogP contribution in [0.25, 0.3) is 0 Å². The zero-order valence-electron chi connectivity index (χ0n) is 10.1. The van der Waals surface area contributed by atoms with Crippen molar-refractivity contribution in [2.24, 2.45) is 0 Å². The number of ether oxygens (including phenoxy) is 1. The van der Waals surface area contributed by atoms with Crippen LogP contribution < -0.4 is 0 Å². The van der Waals surface area contributed by atoms with Gasteiger partial charge in [-0.2, -0.15) is 5.26 Å². The van der Waals surface area contributed by atoms with Gasteiger partial charge >= 0.3 is 5.97 Å². The molecule has 0 aromatic heterocycles. The smallest absolute Gasteiger partial charge is 0.331 e. The van der Waals surface area contributed by atoms with Gasteiger partial charge in [-0.05, 0) is 31.0 Å². The molecule has 3 nitrogen and oxygen atoms in total. The molecule has 0 bridgehead atoms. The Labute approximate surface area is 105 Å². The van der Waals surface area contributed by atoms with Crippen molar-refractivity contribution < 1.29 is 13.9 Å². The Bertz CT molecular complexity index is 476. The number of hydrogen-bond donors (Lipinski definition) is 0. The highest BCUT2D eigenvalue weighted by Crippen LogP contribution is 2.29. The summed E-state index contributed by atoms with van der Waals surface area (Å²) in [4.78, 5) is 12.0. The summed E-state index contributed by atoms with van der Waals surface area (Å²) < 4.78 is 17.8. The van der Waals surface area contributed by atoms with Gasteiger partial charge in [0.05, 0.1) is 12.7 Å². The molecule has 0 fully saturated rings. The van der Waals surface area contributed by atoms with Crippen molar-refractivity contribution in [1.82, 2.24) is 0 Å². The van der Waals surface area contributed by atoms with Gasteiger partial charge in [0.25, 0.3) is 0 Å². The number of esters is 1. The van der Waals surface area contributed by atoms with Crippen molar-refractivity contribution in [2.45, 2.75) is 18.8 Å². The number of nitrogens with zero attached hydrogens (tertiary/aromatic N) is 1. The van der Waals surface area contributed by atoms with Gasteiger partial charge in [0.1, 0.15) is 5.82 Å². The van der Waals surface area contributed by atoms with E-state index in [1.807, 2.05) is 6.07 Å². The van der Waals surface area contributed by atoms with E-state index in [1.54, 1.807) is 6.92 Å². The molecular weight excluding hydrogens is 233 g/mol. The molecule has 0 spiro atoms. The maximum atomic E-state index is 12.9. The summed E-state index contributed by atoms with van der Waals surface area (Å²) in [7, 11) is 0. The number of carbonyl (C=O) groups is 1. The average molecular weight is 247 g/mol. The maximum absolute atomic E-state index is 12.9. The van der Waals surface area contributed by atoms with Crippen LogP contribution in [0, 0.1) is 17.1 Å². The lowest BCUT2D eigenvalue weighted by atomic mass is 9.79. The van der Waals surface area contributed by atoms with Gasteiger partial charge in [0, 0.05) is 0 Å². The molecule has 0 radical (unpaired) electrons. The monoisotopic (exact) mass is 247 g/mol. The van der Waals surface area contributed by atoms with Crippen molar-refractivity contribution in [3.8, 4) is 6.07 Å². The minimum Gasteiger partial charge on any atom is -0.465 e. The van der Waals surface area contributed by atoms with Gasteiger partial charge in [-0.1, -0.05) is 18.2 Å². The van der Waals surface area contributed by atoms with Gasteiger partial charge < -0.3 is 4.74 Å². The molecule has 0 heterocycles. The summed E-state index contributed by atoms with van der Waals surface area (Å²) >= 11 is 0. The molecule has 0 amide bonds.